The highest BCUT2D eigenvalue weighted by atomic mass is 16.5. The van der Waals surface area contributed by atoms with E-state index < -0.39 is 0 Å². The Balaban J connectivity index is 1.70. The van der Waals surface area contributed by atoms with Crippen LogP contribution in [0.2, 0.25) is 0 Å². The Morgan fingerprint density at radius 3 is 2.67 bits per heavy atom. The van der Waals surface area contributed by atoms with E-state index in [0.717, 1.165) is 55.4 Å². The molecular formula is C16H29NO. The Kier molecular flexibility index (Phi) is 3.95. The van der Waals surface area contributed by atoms with Crippen LogP contribution in [0.5, 0.6) is 0 Å². The lowest BCUT2D eigenvalue weighted by molar-refractivity contribution is -0.00258. The number of hydrogen-bond acceptors (Lipinski definition) is 2. The van der Waals surface area contributed by atoms with Crippen molar-refractivity contribution in [3.63, 3.8) is 0 Å². The van der Waals surface area contributed by atoms with Crippen molar-refractivity contribution in [2.75, 3.05) is 19.8 Å². The highest BCUT2D eigenvalue weighted by Gasteiger charge is 2.46. The fraction of sp³-hybridized carbons (Fsp3) is 1.00. The zero-order valence-corrected chi connectivity index (χ0v) is 12.0. The van der Waals surface area contributed by atoms with Gasteiger partial charge in [-0.2, -0.15) is 0 Å². The minimum absolute atomic E-state index is 0.738. The van der Waals surface area contributed by atoms with Crippen molar-refractivity contribution in [1.82, 2.24) is 5.32 Å². The summed E-state index contributed by atoms with van der Waals surface area (Å²) in [5.74, 6) is 4.66. The molecule has 1 heterocycles. The number of ether oxygens (including phenoxy) is 1. The number of hydrogen-bond donors (Lipinski definition) is 1. The van der Waals surface area contributed by atoms with Crippen molar-refractivity contribution in [3.05, 3.63) is 0 Å². The van der Waals surface area contributed by atoms with Gasteiger partial charge in [-0.15, -0.1) is 0 Å². The molecule has 0 aromatic rings. The van der Waals surface area contributed by atoms with Crippen LogP contribution in [0, 0.1) is 29.6 Å². The molecule has 2 saturated carbocycles. The number of fused-ring (bicyclic) bond motifs is 2. The van der Waals surface area contributed by atoms with Gasteiger partial charge in [0.1, 0.15) is 0 Å². The van der Waals surface area contributed by atoms with Crippen LogP contribution in [-0.4, -0.2) is 25.8 Å². The summed E-state index contributed by atoms with van der Waals surface area (Å²) in [4.78, 5) is 0. The molecule has 0 aromatic carbocycles. The Labute approximate surface area is 112 Å². The van der Waals surface area contributed by atoms with E-state index in [0.29, 0.717) is 0 Å². The monoisotopic (exact) mass is 251 g/mol. The average Bonchev–Trinajstić information content (AvgIpc) is 2.99. The van der Waals surface area contributed by atoms with Crippen molar-refractivity contribution in [3.8, 4) is 0 Å². The van der Waals surface area contributed by atoms with Gasteiger partial charge in [0.05, 0.1) is 0 Å². The number of nitrogens with one attached hydrogen (secondary N) is 1. The molecule has 6 unspecified atom stereocenters. The summed E-state index contributed by atoms with van der Waals surface area (Å²) in [5.41, 5.74) is 0. The molecule has 3 fully saturated rings. The molecule has 6 atom stereocenters. The van der Waals surface area contributed by atoms with E-state index in [4.69, 9.17) is 4.74 Å². The fourth-order valence-electron chi connectivity index (χ4n) is 5.02. The molecule has 1 N–H and O–H groups in total. The second-order valence-electron chi connectivity index (χ2n) is 6.93. The van der Waals surface area contributed by atoms with E-state index in [1.165, 1.54) is 32.1 Å². The van der Waals surface area contributed by atoms with Crippen molar-refractivity contribution in [2.45, 2.75) is 52.0 Å². The van der Waals surface area contributed by atoms with Crippen molar-refractivity contribution >= 4 is 0 Å². The first kappa shape index (κ1) is 12.9. The average molecular weight is 251 g/mol. The summed E-state index contributed by atoms with van der Waals surface area (Å²) in [6, 6.07) is 0.768. The third-order valence-electron chi connectivity index (χ3n) is 5.86. The first-order chi connectivity index (χ1) is 8.79. The van der Waals surface area contributed by atoms with E-state index in [1.807, 2.05) is 0 Å². The van der Waals surface area contributed by atoms with Crippen LogP contribution in [0.3, 0.4) is 0 Å². The predicted octanol–water partition coefficient (Wildman–Crippen LogP) is 3.07. The standard InChI is InChI=1S/C16H29NO/c1-3-17-16(14-6-7-18-10-11(14)2)15-9-12-4-5-13(15)8-12/h11-17H,3-10H2,1-2H3. The van der Waals surface area contributed by atoms with Crippen LogP contribution < -0.4 is 5.32 Å². The van der Waals surface area contributed by atoms with E-state index in [2.05, 4.69) is 19.2 Å². The third-order valence-corrected chi connectivity index (χ3v) is 5.86. The lowest BCUT2D eigenvalue weighted by Gasteiger charge is -2.41. The SMILES string of the molecule is CCNC(C1CCOCC1C)C1CC2CCC1C2. The smallest absolute Gasteiger partial charge is 0.0494 e. The van der Waals surface area contributed by atoms with Gasteiger partial charge in [0, 0.05) is 19.3 Å². The highest BCUT2D eigenvalue weighted by Crippen LogP contribution is 2.51. The zero-order chi connectivity index (χ0) is 12.5. The van der Waals surface area contributed by atoms with Gasteiger partial charge in [0.25, 0.3) is 0 Å². The normalized spacial score (nSPS) is 45.3. The molecule has 0 amide bonds. The summed E-state index contributed by atoms with van der Waals surface area (Å²) >= 11 is 0. The molecule has 0 spiro atoms. The summed E-state index contributed by atoms with van der Waals surface area (Å²) in [5, 5.41) is 3.85. The van der Waals surface area contributed by atoms with Gasteiger partial charge in [0.15, 0.2) is 0 Å². The van der Waals surface area contributed by atoms with Crippen LogP contribution >= 0.6 is 0 Å². The second-order valence-corrected chi connectivity index (χ2v) is 6.93. The van der Waals surface area contributed by atoms with Crippen LogP contribution in [0.15, 0.2) is 0 Å². The summed E-state index contributed by atoms with van der Waals surface area (Å²) in [6.45, 7) is 7.75. The van der Waals surface area contributed by atoms with Gasteiger partial charge in [-0.05, 0) is 61.8 Å². The fourth-order valence-corrected chi connectivity index (χ4v) is 5.02. The topological polar surface area (TPSA) is 21.3 Å². The molecule has 2 heteroatoms. The van der Waals surface area contributed by atoms with E-state index >= 15 is 0 Å². The maximum absolute atomic E-state index is 5.64. The highest BCUT2D eigenvalue weighted by molar-refractivity contribution is 4.98. The molecule has 3 aliphatic rings. The largest absolute Gasteiger partial charge is 0.381 e. The Morgan fingerprint density at radius 1 is 1.17 bits per heavy atom. The van der Waals surface area contributed by atoms with Crippen LogP contribution in [0.25, 0.3) is 0 Å². The zero-order valence-electron chi connectivity index (χ0n) is 12.0. The van der Waals surface area contributed by atoms with Gasteiger partial charge in [-0.1, -0.05) is 20.3 Å². The van der Waals surface area contributed by atoms with Crippen LogP contribution in [0.1, 0.15) is 46.0 Å². The van der Waals surface area contributed by atoms with E-state index in [9.17, 15) is 0 Å². The van der Waals surface area contributed by atoms with Gasteiger partial charge in [-0.3, -0.25) is 0 Å². The summed E-state index contributed by atoms with van der Waals surface area (Å²) in [6.07, 6.45) is 7.33. The maximum Gasteiger partial charge on any atom is 0.0494 e. The molecule has 0 aromatic heterocycles. The molecule has 1 saturated heterocycles. The molecule has 18 heavy (non-hydrogen) atoms. The summed E-state index contributed by atoms with van der Waals surface area (Å²) < 4.78 is 5.64. The van der Waals surface area contributed by atoms with Gasteiger partial charge in [0.2, 0.25) is 0 Å². The maximum atomic E-state index is 5.64. The third kappa shape index (κ3) is 2.34. The Morgan fingerprint density at radius 2 is 2.06 bits per heavy atom. The van der Waals surface area contributed by atoms with Crippen LogP contribution in [-0.2, 0) is 4.74 Å². The molecule has 0 radical (unpaired) electrons. The molecular weight excluding hydrogens is 222 g/mol. The van der Waals surface area contributed by atoms with Crippen LogP contribution in [0.4, 0.5) is 0 Å². The first-order valence-electron chi connectivity index (χ1n) is 8.10. The molecule has 3 rings (SSSR count). The Bertz CT molecular complexity index is 278. The quantitative estimate of drug-likeness (QED) is 0.829. The first-order valence-corrected chi connectivity index (χ1v) is 8.10. The molecule has 104 valence electrons. The minimum atomic E-state index is 0.738. The molecule has 2 bridgehead atoms. The molecule has 1 aliphatic heterocycles. The van der Waals surface area contributed by atoms with Gasteiger partial charge >= 0.3 is 0 Å². The van der Waals surface area contributed by atoms with E-state index in [-0.39, 0.29) is 0 Å². The van der Waals surface area contributed by atoms with Gasteiger partial charge in [-0.25, -0.2) is 0 Å². The lowest BCUT2D eigenvalue weighted by Crippen LogP contribution is -2.48. The van der Waals surface area contributed by atoms with Crippen molar-refractivity contribution in [2.24, 2.45) is 29.6 Å². The summed E-state index contributed by atoms with van der Waals surface area (Å²) in [7, 11) is 0. The van der Waals surface area contributed by atoms with Crippen molar-refractivity contribution in [1.29, 1.82) is 0 Å². The lowest BCUT2D eigenvalue weighted by atomic mass is 9.72. The van der Waals surface area contributed by atoms with E-state index in [1.54, 1.807) is 0 Å². The number of rotatable bonds is 4. The molecule has 2 aliphatic carbocycles. The molecule has 2 nitrogen and oxygen atoms in total. The Hall–Kier alpha value is -0.0800. The minimum Gasteiger partial charge on any atom is -0.381 e. The second kappa shape index (κ2) is 5.50. The van der Waals surface area contributed by atoms with Crippen molar-refractivity contribution < 1.29 is 4.74 Å². The van der Waals surface area contributed by atoms with Gasteiger partial charge < -0.3 is 10.1 Å². The predicted molar refractivity (Wildman–Crippen MR) is 74.5 cm³/mol.